The molecule has 0 aliphatic rings. The van der Waals surface area contributed by atoms with Gasteiger partial charge in [-0.15, -0.1) is 0 Å². The highest BCUT2D eigenvalue weighted by Gasteiger charge is 2.23. The number of amides is 1. The minimum atomic E-state index is -1.06. The zero-order valence-corrected chi connectivity index (χ0v) is 12.3. The second kappa shape index (κ2) is 6.56. The molecule has 0 aromatic carbocycles. The van der Waals surface area contributed by atoms with Gasteiger partial charge in [-0.25, -0.2) is 4.79 Å². The highest BCUT2D eigenvalue weighted by molar-refractivity contribution is 6.31. The van der Waals surface area contributed by atoms with Crippen molar-refractivity contribution in [3.63, 3.8) is 0 Å². The lowest BCUT2D eigenvalue weighted by Crippen LogP contribution is -2.35. The van der Waals surface area contributed by atoms with Gasteiger partial charge in [-0.05, 0) is 32.4 Å². The monoisotopic (exact) mass is 300 g/mol. The topological polar surface area (TPSA) is 88.5 Å². The first-order valence-corrected chi connectivity index (χ1v) is 6.37. The van der Waals surface area contributed by atoms with Gasteiger partial charge in [0.1, 0.15) is 5.60 Å². The van der Waals surface area contributed by atoms with E-state index < -0.39 is 23.7 Å². The molecule has 0 unspecified atom stereocenters. The van der Waals surface area contributed by atoms with Crippen molar-refractivity contribution in [2.24, 2.45) is 0 Å². The fraction of sp³-hybridized carbons (Fsp3) is 0.462. The average molecular weight is 301 g/mol. The summed E-state index contributed by atoms with van der Waals surface area (Å²) in [5, 5.41) is 11.7. The predicted octanol–water partition coefficient (Wildman–Crippen LogP) is 2.78. The Bertz CT molecular complexity index is 499. The zero-order chi connectivity index (χ0) is 15.3. The van der Waals surface area contributed by atoms with Crippen LogP contribution in [0, 0.1) is 0 Å². The van der Waals surface area contributed by atoms with Crippen LogP contribution < -0.4 is 5.32 Å². The van der Waals surface area contributed by atoms with Gasteiger partial charge in [-0.3, -0.25) is 9.78 Å². The number of pyridine rings is 1. The molecule has 1 aromatic heterocycles. The van der Waals surface area contributed by atoms with Gasteiger partial charge in [-0.2, -0.15) is 0 Å². The van der Waals surface area contributed by atoms with Gasteiger partial charge in [-0.1, -0.05) is 11.6 Å². The van der Waals surface area contributed by atoms with E-state index in [1.54, 1.807) is 26.8 Å². The maximum Gasteiger partial charge on any atom is 0.408 e. The van der Waals surface area contributed by atoms with E-state index in [1.165, 1.54) is 12.4 Å². The number of hydrogen-bond donors (Lipinski definition) is 2. The Morgan fingerprint density at radius 2 is 2.15 bits per heavy atom. The van der Waals surface area contributed by atoms with E-state index in [1.807, 2.05) is 0 Å². The molecular formula is C13H17ClN2O4. The molecule has 0 radical (unpaired) electrons. The van der Waals surface area contributed by atoms with Gasteiger partial charge >= 0.3 is 12.1 Å². The number of carbonyl (C=O) groups is 2. The lowest BCUT2D eigenvalue weighted by Gasteiger charge is -2.23. The summed E-state index contributed by atoms with van der Waals surface area (Å²) >= 11 is 5.97. The molecule has 0 saturated heterocycles. The highest BCUT2D eigenvalue weighted by atomic mass is 35.5. The summed E-state index contributed by atoms with van der Waals surface area (Å²) in [5.41, 5.74) is -0.185. The van der Waals surface area contributed by atoms with Crippen LogP contribution in [0.4, 0.5) is 4.79 Å². The first-order valence-electron chi connectivity index (χ1n) is 6.00. The van der Waals surface area contributed by atoms with Gasteiger partial charge in [0.2, 0.25) is 0 Å². The molecule has 1 atom stereocenters. The second-order valence-corrected chi connectivity index (χ2v) is 5.60. The van der Waals surface area contributed by atoms with Crippen LogP contribution in [0.3, 0.4) is 0 Å². The second-order valence-electron chi connectivity index (χ2n) is 5.19. The molecule has 1 amide bonds. The number of rotatable bonds is 4. The third-order valence-electron chi connectivity index (χ3n) is 2.25. The van der Waals surface area contributed by atoms with Gasteiger partial charge < -0.3 is 15.2 Å². The predicted molar refractivity (Wildman–Crippen MR) is 73.6 cm³/mol. The molecule has 0 aliphatic carbocycles. The summed E-state index contributed by atoms with van der Waals surface area (Å²) in [6, 6.07) is 0.783. The average Bonchev–Trinajstić information content (AvgIpc) is 2.25. The number of carbonyl (C=O) groups excluding carboxylic acids is 1. The number of aliphatic carboxylic acids is 1. The SMILES string of the molecule is CC(C)(C)OC(=O)N[C@@H](CC(=O)O)c1ccncc1Cl. The van der Waals surface area contributed by atoms with E-state index in [4.69, 9.17) is 21.4 Å². The Kier molecular flexibility index (Phi) is 5.33. The number of alkyl carbamates (subject to hydrolysis) is 1. The van der Waals surface area contributed by atoms with Crippen molar-refractivity contribution >= 4 is 23.7 Å². The molecule has 0 saturated carbocycles. The minimum Gasteiger partial charge on any atom is -0.481 e. The molecule has 0 aliphatic heterocycles. The van der Waals surface area contributed by atoms with E-state index >= 15 is 0 Å². The van der Waals surface area contributed by atoms with Crippen LogP contribution in [0.2, 0.25) is 5.02 Å². The quantitative estimate of drug-likeness (QED) is 0.892. The Morgan fingerprint density at radius 1 is 1.50 bits per heavy atom. The lowest BCUT2D eigenvalue weighted by molar-refractivity contribution is -0.137. The number of halogens is 1. The summed E-state index contributed by atoms with van der Waals surface area (Å²) in [6.45, 7) is 5.16. The first-order chi connectivity index (χ1) is 9.19. The van der Waals surface area contributed by atoms with Crippen LogP contribution in [0.5, 0.6) is 0 Å². The molecule has 20 heavy (non-hydrogen) atoms. The van der Waals surface area contributed by atoms with Gasteiger partial charge in [0.25, 0.3) is 0 Å². The van der Waals surface area contributed by atoms with E-state index in [9.17, 15) is 9.59 Å². The van der Waals surface area contributed by atoms with Crippen molar-refractivity contribution in [1.29, 1.82) is 0 Å². The molecule has 0 bridgehead atoms. The van der Waals surface area contributed by atoms with E-state index in [-0.39, 0.29) is 11.4 Å². The fourth-order valence-corrected chi connectivity index (χ4v) is 1.78. The first kappa shape index (κ1) is 16.2. The number of nitrogens with zero attached hydrogens (tertiary/aromatic N) is 1. The number of aromatic nitrogens is 1. The van der Waals surface area contributed by atoms with Gasteiger partial charge in [0.05, 0.1) is 17.5 Å². The Balaban J connectivity index is 2.88. The molecule has 1 heterocycles. The number of carboxylic acid groups (broad SMARTS) is 1. The van der Waals surface area contributed by atoms with E-state index in [2.05, 4.69) is 10.3 Å². The summed E-state index contributed by atoms with van der Waals surface area (Å²) in [6.07, 6.45) is 1.87. The Hall–Kier alpha value is -1.82. The smallest absolute Gasteiger partial charge is 0.408 e. The van der Waals surface area contributed by atoms with Crippen molar-refractivity contribution in [3.05, 3.63) is 29.0 Å². The molecule has 110 valence electrons. The normalized spacial score (nSPS) is 12.6. The molecule has 2 N–H and O–H groups in total. The maximum atomic E-state index is 11.8. The van der Waals surface area contributed by atoms with Crippen molar-refractivity contribution in [2.45, 2.75) is 38.8 Å². The minimum absolute atomic E-state index is 0.287. The standard InChI is InChI=1S/C13H17ClN2O4/c1-13(2,3)20-12(19)16-10(6-11(17)18)8-4-5-15-7-9(8)14/h4-5,7,10H,6H2,1-3H3,(H,16,19)(H,17,18)/t10-/m0/s1. The van der Waals surface area contributed by atoms with Gasteiger partial charge in [0.15, 0.2) is 0 Å². The third kappa shape index (κ3) is 5.44. The number of nitrogens with one attached hydrogen (secondary N) is 1. The van der Waals surface area contributed by atoms with E-state index in [0.717, 1.165) is 0 Å². The van der Waals surface area contributed by atoms with Gasteiger partial charge in [0, 0.05) is 12.4 Å². The van der Waals surface area contributed by atoms with Crippen molar-refractivity contribution in [1.82, 2.24) is 10.3 Å². The highest BCUT2D eigenvalue weighted by Crippen LogP contribution is 2.24. The lowest BCUT2D eigenvalue weighted by atomic mass is 10.1. The summed E-state index contributed by atoms with van der Waals surface area (Å²) < 4.78 is 5.11. The van der Waals surface area contributed by atoms with Crippen LogP contribution in [0.15, 0.2) is 18.5 Å². The Morgan fingerprint density at radius 3 is 2.65 bits per heavy atom. The molecule has 0 spiro atoms. The van der Waals surface area contributed by atoms with Crippen molar-refractivity contribution in [3.8, 4) is 0 Å². The molecular weight excluding hydrogens is 284 g/mol. The third-order valence-corrected chi connectivity index (χ3v) is 2.56. The molecule has 1 aromatic rings. The zero-order valence-electron chi connectivity index (χ0n) is 11.5. The largest absolute Gasteiger partial charge is 0.481 e. The van der Waals surface area contributed by atoms with Crippen LogP contribution in [-0.2, 0) is 9.53 Å². The number of carboxylic acids is 1. The van der Waals surface area contributed by atoms with E-state index in [0.29, 0.717) is 5.56 Å². The van der Waals surface area contributed by atoms with Crippen LogP contribution in [0.25, 0.3) is 0 Å². The van der Waals surface area contributed by atoms with Crippen molar-refractivity contribution in [2.75, 3.05) is 0 Å². The summed E-state index contributed by atoms with van der Waals surface area (Å²) in [5.74, 6) is -1.06. The molecule has 1 rings (SSSR count). The number of ether oxygens (including phenoxy) is 1. The van der Waals surface area contributed by atoms with Crippen LogP contribution >= 0.6 is 11.6 Å². The molecule has 7 heteroatoms. The number of hydrogen-bond acceptors (Lipinski definition) is 4. The summed E-state index contributed by atoms with van der Waals surface area (Å²) in [7, 11) is 0. The maximum absolute atomic E-state index is 11.8. The fourth-order valence-electron chi connectivity index (χ4n) is 1.53. The van der Waals surface area contributed by atoms with Crippen LogP contribution in [-0.4, -0.2) is 27.8 Å². The summed E-state index contributed by atoms with van der Waals surface area (Å²) in [4.78, 5) is 26.5. The molecule has 0 fully saturated rings. The van der Waals surface area contributed by atoms with Crippen molar-refractivity contribution < 1.29 is 19.4 Å². The Labute approximate surface area is 122 Å². The van der Waals surface area contributed by atoms with Crippen LogP contribution in [0.1, 0.15) is 38.8 Å². The molecule has 6 nitrogen and oxygen atoms in total.